The Kier molecular flexibility index (Phi) is 2.19. The average Bonchev–Trinajstić information content (AvgIpc) is 2.48. The first kappa shape index (κ1) is 10.0. The van der Waals surface area contributed by atoms with Crippen molar-refractivity contribution in [1.82, 2.24) is 0 Å². The molecule has 0 amide bonds. The number of para-hydroxylation sites is 1. The molecule has 1 N–H and O–H groups in total. The van der Waals surface area contributed by atoms with Crippen molar-refractivity contribution in [2.75, 3.05) is 6.26 Å². The number of benzene rings is 1. The Labute approximate surface area is 87.1 Å². The number of hydrogen-bond acceptors (Lipinski definition) is 4. The molecule has 80 valence electrons. The molecule has 0 fully saturated rings. The Balaban J connectivity index is 2.60. The molecular formula is C10H10O4S. The summed E-state index contributed by atoms with van der Waals surface area (Å²) in [5, 5.41) is 10.1. The van der Waals surface area contributed by atoms with Crippen LogP contribution in [0.1, 0.15) is 5.56 Å². The fourth-order valence-electron chi connectivity index (χ4n) is 1.49. The number of furan rings is 1. The van der Waals surface area contributed by atoms with E-state index in [0.29, 0.717) is 16.5 Å². The van der Waals surface area contributed by atoms with E-state index in [9.17, 15) is 13.5 Å². The van der Waals surface area contributed by atoms with E-state index in [1.165, 1.54) is 12.3 Å². The first-order valence-electron chi connectivity index (χ1n) is 4.33. The van der Waals surface area contributed by atoms with Crippen molar-refractivity contribution in [2.45, 2.75) is 5.75 Å². The topological polar surface area (TPSA) is 67.5 Å². The minimum Gasteiger partial charge on any atom is -0.504 e. The van der Waals surface area contributed by atoms with Gasteiger partial charge in [0.25, 0.3) is 0 Å². The summed E-state index contributed by atoms with van der Waals surface area (Å²) in [6.45, 7) is 0. The third-order valence-electron chi connectivity index (χ3n) is 2.08. The monoisotopic (exact) mass is 226 g/mol. The van der Waals surface area contributed by atoms with Crippen LogP contribution in [0.15, 0.2) is 28.9 Å². The van der Waals surface area contributed by atoms with Crippen molar-refractivity contribution in [2.24, 2.45) is 0 Å². The summed E-state index contributed by atoms with van der Waals surface area (Å²) in [5.41, 5.74) is 0.902. The van der Waals surface area contributed by atoms with E-state index in [-0.39, 0.29) is 11.5 Å². The molecule has 0 aliphatic carbocycles. The molecule has 0 spiro atoms. The van der Waals surface area contributed by atoms with Crippen LogP contribution >= 0.6 is 0 Å². The summed E-state index contributed by atoms with van der Waals surface area (Å²) in [6, 6.07) is 4.87. The molecule has 0 radical (unpaired) electrons. The molecule has 0 aliphatic heterocycles. The number of hydrogen-bond donors (Lipinski definition) is 1. The molecule has 1 aromatic carbocycles. The predicted molar refractivity (Wildman–Crippen MR) is 56.4 cm³/mol. The molecule has 0 saturated carbocycles. The van der Waals surface area contributed by atoms with Gasteiger partial charge in [0, 0.05) is 17.2 Å². The summed E-state index contributed by atoms with van der Waals surface area (Å²) < 4.78 is 27.4. The quantitative estimate of drug-likeness (QED) is 0.846. The predicted octanol–water partition coefficient (Wildman–Crippen LogP) is 1.68. The van der Waals surface area contributed by atoms with Crippen LogP contribution in [0.4, 0.5) is 0 Å². The zero-order chi connectivity index (χ0) is 11.1. The maximum atomic E-state index is 11.1. The number of phenolic OH excluding ortho intramolecular Hbond substituents is 1. The average molecular weight is 226 g/mol. The van der Waals surface area contributed by atoms with Crippen LogP contribution < -0.4 is 0 Å². The summed E-state index contributed by atoms with van der Waals surface area (Å²) in [7, 11) is -3.09. The van der Waals surface area contributed by atoms with Crippen LogP contribution in [-0.4, -0.2) is 19.8 Å². The Morgan fingerprint density at radius 2 is 2.13 bits per heavy atom. The molecule has 1 aromatic heterocycles. The summed E-state index contributed by atoms with van der Waals surface area (Å²) in [4.78, 5) is 0. The largest absolute Gasteiger partial charge is 0.504 e. The zero-order valence-electron chi connectivity index (χ0n) is 8.10. The maximum absolute atomic E-state index is 11.1. The van der Waals surface area contributed by atoms with Gasteiger partial charge >= 0.3 is 0 Å². The molecule has 4 nitrogen and oxygen atoms in total. The van der Waals surface area contributed by atoms with Gasteiger partial charge in [0.15, 0.2) is 21.2 Å². The number of rotatable bonds is 2. The normalized spacial score (nSPS) is 12.1. The van der Waals surface area contributed by atoms with Crippen LogP contribution in [0.2, 0.25) is 0 Å². The molecule has 0 aliphatic rings. The van der Waals surface area contributed by atoms with Gasteiger partial charge in [0.05, 0.1) is 12.0 Å². The fourth-order valence-corrected chi connectivity index (χ4v) is 2.28. The number of phenols is 1. The van der Waals surface area contributed by atoms with Crippen LogP contribution in [0.3, 0.4) is 0 Å². The minimum absolute atomic E-state index is 0.0206. The smallest absolute Gasteiger partial charge is 0.175 e. The second-order valence-corrected chi connectivity index (χ2v) is 5.63. The summed E-state index contributed by atoms with van der Waals surface area (Å²) >= 11 is 0. The van der Waals surface area contributed by atoms with Crippen LogP contribution in [0, 0.1) is 0 Å². The highest BCUT2D eigenvalue weighted by Gasteiger charge is 2.13. The van der Waals surface area contributed by atoms with Gasteiger partial charge in [-0.2, -0.15) is 0 Å². The molecule has 0 saturated heterocycles. The first-order chi connectivity index (χ1) is 6.97. The molecule has 5 heteroatoms. The Morgan fingerprint density at radius 1 is 1.40 bits per heavy atom. The highest BCUT2D eigenvalue weighted by Crippen LogP contribution is 2.29. The maximum Gasteiger partial charge on any atom is 0.175 e. The molecule has 1 heterocycles. The Hall–Kier alpha value is -1.49. The van der Waals surface area contributed by atoms with Gasteiger partial charge in [-0.05, 0) is 6.07 Å². The molecule has 2 rings (SSSR count). The summed E-state index contributed by atoms with van der Waals surface area (Å²) in [6.07, 6.45) is 2.53. The standard InChI is InChI=1S/C10H10O4S/c1-15(12,13)6-7-5-14-10-8(7)3-2-4-9(10)11/h2-5,11H,6H2,1H3. The second kappa shape index (κ2) is 3.27. The molecule has 0 unspecified atom stereocenters. The molecule has 0 atom stereocenters. The van der Waals surface area contributed by atoms with Gasteiger partial charge in [0.2, 0.25) is 0 Å². The van der Waals surface area contributed by atoms with Crippen molar-refractivity contribution >= 4 is 20.8 Å². The van der Waals surface area contributed by atoms with E-state index in [2.05, 4.69) is 0 Å². The van der Waals surface area contributed by atoms with E-state index < -0.39 is 9.84 Å². The lowest BCUT2D eigenvalue weighted by Gasteiger charge is -1.96. The lowest BCUT2D eigenvalue weighted by Crippen LogP contribution is -1.99. The van der Waals surface area contributed by atoms with E-state index in [1.807, 2.05) is 0 Å². The van der Waals surface area contributed by atoms with E-state index >= 15 is 0 Å². The van der Waals surface area contributed by atoms with Crippen LogP contribution in [0.5, 0.6) is 5.75 Å². The fraction of sp³-hybridized carbons (Fsp3) is 0.200. The Morgan fingerprint density at radius 3 is 2.80 bits per heavy atom. The third kappa shape index (κ3) is 1.97. The lowest BCUT2D eigenvalue weighted by molar-refractivity contribution is 0.465. The Bertz CT molecular complexity index is 595. The third-order valence-corrected chi connectivity index (χ3v) is 2.91. The molecule has 0 bridgehead atoms. The minimum atomic E-state index is -3.09. The van der Waals surface area contributed by atoms with E-state index in [1.54, 1.807) is 12.1 Å². The van der Waals surface area contributed by atoms with E-state index in [4.69, 9.17) is 4.42 Å². The van der Waals surface area contributed by atoms with Crippen molar-refractivity contribution < 1.29 is 17.9 Å². The summed E-state index contributed by atoms with van der Waals surface area (Å²) in [5.74, 6) is -0.0593. The molecular weight excluding hydrogens is 216 g/mol. The molecule has 15 heavy (non-hydrogen) atoms. The zero-order valence-corrected chi connectivity index (χ0v) is 8.91. The van der Waals surface area contributed by atoms with Crippen molar-refractivity contribution in [1.29, 1.82) is 0 Å². The van der Waals surface area contributed by atoms with E-state index in [0.717, 1.165) is 6.26 Å². The first-order valence-corrected chi connectivity index (χ1v) is 6.39. The number of sulfone groups is 1. The number of fused-ring (bicyclic) bond motifs is 1. The van der Waals surface area contributed by atoms with Gasteiger partial charge < -0.3 is 9.52 Å². The van der Waals surface area contributed by atoms with Gasteiger partial charge in [-0.3, -0.25) is 0 Å². The highest BCUT2D eigenvalue weighted by molar-refractivity contribution is 7.89. The van der Waals surface area contributed by atoms with Crippen LogP contribution in [0.25, 0.3) is 11.0 Å². The van der Waals surface area contributed by atoms with Crippen LogP contribution in [-0.2, 0) is 15.6 Å². The van der Waals surface area contributed by atoms with Crippen molar-refractivity contribution in [3.8, 4) is 5.75 Å². The van der Waals surface area contributed by atoms with Gasteiger partial charge in [-0.15, -0.1) is 0 Å². The highest BCUT2D eigenvalue weighted by atomic mass is 32.2. The van der Waals surface area contributed by atoms with Gasteiger partial charge in [-0.1, -0.05) is 12.1 Å². The number of aromatic hydroxyl groups is 1. The SMILES string of the molecule is CS(=O)(=O)Cc1coc2c(O)cccc12. The second-order valence-electron chi connectivity index (χ2n) is 3.48. The molecule has 2 aromatic rings. The lowest BCUT2D eigenvalue weighted by atomic mass is 10.2. The van der Waals surface area contributed by atoms with Gasteiger partial charge in [-0.25, -0.2) is 8.42 Å². The van der Waals surface area contributed by atoms with Crippen molar-refractivity contribution in [3.05, 3.63) is 30.0 Å². The van der Waals surface area contributed by atoms with Crippen molar-refractivity contribution in [3.63, 3.8) is 0 Å². The van der Waals surface area contributed by atoms with Gasteiger partial charge in [0.1, 0.15) is 0 Å².